The Kier molecular flexibility index (Phi) is 7.00. The van der Waals surface area contributed by atoms with Crippen LogP contribution < -0.4 is 5.32 Å². The Morgan fingerprint density at radius 2 is 2.04 bits per heavy atom. The molecule has 0 aliphatic carbocycles. The third kappa shape index (κ3) is 5.86. The zero-order chi connectivity index (χ0) is 17.2. The molecule has 0 radical (unpaired) electrons. The first-order chi connectivity index (χ1) is 11.7. The van der Waals surface area contributed by atoms with Crippen LogP contribution in [0, 0.1) is 11.8 Å². The van der Waals surface area contributed by atoms with Crippen molar-refractivity contribution in [1.82, 2.24) is 5.32 Å². The van der Waals surface area contributed by atoms with Crippen molar-refractivity contribution >= 4 is 40.8 Å². The molecule has 0 aliphatic heterocycles. The first-order valence-corrected chi connectivity index (χ1v) is 7.78. The summed E-state index contributed by atoms with van der Waals surface area (Å²) < 4.78 is 5.07. The summed E-state index contributed by atoms with van der Waals surface area (Å²) in [4.78, 5) is 15.4. The van der Waals surface area contributed by atoms with Crippen LogP contribution in [0.15, 0.2) is 53.5 Å². The summed E-state index contributed by atoms with van der Waals surface area (Å²) in [5.74, 6) is 5.71. The summed E-state index contributed by atoms with van der Waals surface area (Å²) in [6.07, 6.45) is -0.517. The number of alkyl carbamates (subject to hydrolysis) is 1. The molecule has 0 spiro atoms. The van der Waals surface area contributed by atoms with E-state index in [1.807, 2.05) is 30.3 Å². The molecule has 0 fully saturated rings. The number of hydrogen-bond donors (Lipinski definition) is 1. The summed E-state index contributed by atoms with van der Waals surface area (Å²) in [7, 11) is 0. The van der Waals surface area contributed by atoms with Crippen LogP contribution in [-0.2, 0) is 11.3 Å². The molecule has 1 N–H and O–H groups in total. The van der Waals surface area contributed by atoms with Gasteiger partial charge >= 0.3 is 6.09 Å². The van der Waals surface area contributed by atoms with Crippen molar-refractivity contribution in [2.45, 2.75) is 6.61 Å². The number of rotatable bonds is 4. The summed E-state index contributed by atoms with van der Waals surface area (Å²) in [5.41, 5.74) is 2.18. The van der Waals surface area contributed by atoms with Crippen molar-refractivity contribution in [2.75, 3.05) is 6.54 Å². The minimum atomic E-state index is -0.517. The van der Waals surface area contributed by atoms with Gasteiger partial charge in [-0.05, 0) is 36.0 Å². The second-order valence-corrected chi connectivity index (χ2v) is 5.18. The Balaban J connectivity index is 1.80. The lowest BCUT2D eigenvalue weighted by atomic mass is 10.2. The monoisotopic (exact) mass is 356 g/mol. The minimum Gasteiger partial charge on any atom is -0.445 e. The van der Waals surface area contributed by atoms with Gasteiger partial charge in [0.05, 0.1) is 22.4 Å². The number of ether oxygens (including phenoxy) is 1. The number of carbonyl (C=O) groups is 1. The molecule has 24 heavy (non-hydrogen) atoms. The Bertz CT molecular complexity index is 822. The molecule has 0 atom stereocenters. The predicted octanol–water partition coefficient (Wildman–Crippen LogP) is 4.35. The fourth-order valence-corrected chi connectivity index (χ4v) is 2.08. The van der Waals surface area contributed by atoms with E-state index in [0.29, 0.717) is 16.3 Å². The van der Waals surface area contributed by atoms with Gasteiger partial charge in [0.1, 0.15) is 6.61 Å². The minimum absolute atomic E-state index is 0.172. The SMILES string of the molecule is O=C(NCC#Cc1ccc(N=C=S)c(Cl)c1)OCc1ccccc1. The van der Waals surface area contributed by atoms with Gasteiger partial charge in [-0.1, -0.05) is 53.8 Å². The first-order valence-electron chi connectivity index (χ1n) is 7.00. The molecule has 2 rings (SSSR count). The van der Waals surface area contributed by atoms with Crippen LogP contribution in [0.3, 0.4) is 0 Å². The molecule has 120 valence electrons. The van der Waals surface area contributed by atoms with Crippen LogP contribution in [0.25, 0.3) is 0 Å². The van der Waals surface area contributed by atoms with Crippen molar-refractivity contribution in [2.24, 2.45) is 4.99 Å². The van der Waals surface area contributed by atoms with Gasteiger partial charge in [-0.3, -0.25) is 0 Å². The lowest BCUT2D eigenvalue weighted by Crippen LogP contribution is -2.24. The number of halogens is 1. The highest BCUT2D eigenvalue weighted by atomic mass is 35.5. The predicted molar refractivity (Wildman–Crippen MR) is 97.6 cm³/mol. The van der Waals surface area contributed by atoms with E-state index in [4.69, 9.17) is 16.3 Å². The highest BCUT2D eigenvalue weighted by molar-refractivity contribution is 7.78. The van der Waals surface area contributed by atoms with Gasteiger partial charge in [-0.25, -0.2) is 4.79 Å². The van der Waals surface area contributed by atoms with Crippen LogP contribution in [0.5, 0.6) is 0 Å². The number of isothiocyanates is 1. The van der Waals surface area contributed by atoms with Crippen molar-refractivity contribution < 1.29 is 9.53 Å². The van der Waals surface area contributed by atoms with E-state index in [2.05, 4.69) is 39.5 Å². The number of thiocarbonyl (C=S) groups is 1. The smallest absolute Gasteiger partial charge is 0.408 e. The number of benzene rings is 2. The van der Waals surface area contributed by atoms with Crippen molar-refractivity contribution in [3.8, 4) is 11.8 Å². The van der Waals surface area contributed by atoms with E-state index in [9.17, 15) is 4.79 Å². The van der Waals surface area contributed by atoms with Crippen LogP contribution in [0.4, 0.5) is 10.5 Å². The Morgan fingerprint density at radius 3 is 2.75 bits per heavy atom. The maximum Gasteiger partial charge on any atom is 0.408 e. The fourth-order valence-electron chi connectivity index (χ4n) is 1.76. The number of nitrogens with one attached hydrogen (secondary N) is 1. The summed E-state index contributed by atoms with van der Waals surface area (Å²) >= 11 is 10.6. The molecular formula is C18H13ClN2O2S. The second kappa shape index (κ2) is 9.49. The summed E-state index contributed by atoms with van der Waals surface area (Å²) in [6.45, 7) is 0.392. The number of carbonyl (C=O) groups excluding carboxylic acids is 1. The quantitative estimate of drug-likeness (QED) is 0.503. The molecule has 2 aromatic rings. The maximum atomic E-state index is 11.5. The summed E-state index contributed by atoms with van der Waals surface area (Å²) in [5, 5.41) is 5.26. The molecule has 0 heterocycles. The molecule has 1 amide bonds. The molecule has 6 heteroatoms. The molecule has 0 unspecified atom stereocenters. The average Bonchev–Trinajstić information content (AvgIpc) is 2.60. The topological polar surface area (TPSA) is 50.7 Å². The van der Waals surface area contributed by atoms with E-state index in [1.165, 1.54) is 0 Å². The average molecular weight is 357 g/mol. The van der Waals surface area contributed by atoms with Gasteiger partial charge in [-0.2, -0.15) is 4.99 Å². The molecular weight excluding hydrogens is 344 g/mol. The van der Waals surface area contributed by atoms with E-state index in [1.54, 1.807) is 18.2 Å². The molecule has 0 saturated heterocycles. The van der Waals surface area contributed by atoms with E-state index in [0.717, 1.165) is 5.56 Å². The number of aliphatic imine (C=N–C) groups is 1. The van der Waals surface area contributed by atoms with Crippen LogP contribution in [0.2, 0.25) is 5.02 Å². The number of hydrogen-bond acceptors (Lipinski definition) is 4. The number of amides is 1. The molecule has 0 bridgehead atoms. The third-order valence-electron chi connectivity index (χ3n) is 2.88. The zero-order valence-corrected chi connectivity index (χ0v) is 14.2. The molecule has 2 aromatic carbocycles. The highest BCUT2D eigenvalue weighted by Crippen LogP contribution is 2.24. The van der Waals surface area contributed by atoms with E-state index in [-0.39, 0.29) is 13.2 Å². The third-order valence-corrected chi connectivity index (χ3v) is 3.27. The van der Waals surface area contributed by atoms with Gasteiger partial charge in [0.2, 0.25) is 0 Å². The lowest BCUT2D eigenvalue weighted by molar-refractivity contribution is 0.141. The molecule has 0 saturated carbocycles. The van der Waals surface area contributed by atoms with Gasteiger partial charge in [0.25, 0.3) is 0 Å². The Labute approximate surface area is 150 Å². The molecule has 0 aliphatic rings. The number of nitrogens with zero attached hydrogens (tertiary/aromatic N) is 1. The van der Waals surface area contributed by atoms with Crippen LogP contribution in [-0.4, -0.2) is 17.8 Å². The largest absolute Gasteiger partial charge is 0.445 e. The lowest BCUT2D eigenvalue weighted by Gasteiger charge is -2.04. The van der Waals surface area contributed by atoms with Gasteiger partial charge in [-0.15, -0.1) is 0 Å². The van der Waals surface area contributed by atoms with Crippen molar-refractivity contribution in [1.29, 1.82) is 0 Å². The molecule has 4 nitrogen and oxygen atoms in total. The Morgan fingerprint density at radius 1 is 1.25 bits per heavy atom. The summed E-state index contributed by atoms with van der Waals surface area (Å²) in [6, 6.07) is 14.6. The van der Waals surface area contributed by atoms with Crippen molar-refractivity contribution in [3.63, 3.8) is 0 Å². The fraction of sp³-hybridized carbons (Fsp3) is 0.111. The normalized spacial score (nSPS) is 9.21. The van der Waals surface area contributed by atoms with E-state index < -0.39 is 6.09 Å². The zero-order valence-electron chi connectivity index (χ0n) is 12.6. The Hall–Kier alpha value is -2.64. The van der Waals surface area contributed by atoms with Gasteiger partial charge in [0.15, 0.2) is 0 Å². The van der Waals surface area contributed by atoms with E-state index >= 15 is 0 Å². The molecule has 0 aromatic heterocycles. The highest BCUT2D eigenvalue weighted by Gasteiger charge is 2.01. The second-order valence-electron chi connectivity index (χ2n) is 4.59. The van der Waals surface area contributed by atoms with Crippen LogP contribution >= 0.6 is 23.8 Å². The first kappa shape index (κ1) is 17.7. The van der Waals surface area contributed by atoms with Gasteiger partial charge in [0, 0.05) is 5.56 Å². The van der Waals surface area contributed by atoms with Gasteiger partial charge < -0.3 is 10.1 Å². The van der Waals surface area contributed by atoms with Crippen molar-refractivity contribution in [3.05, 3.63) is 64.7 Å². The maximum absolute atomic E-state index is 11.5. The standard InChI is InChI=1S/C18H13ClN2O2S/c19-16-11-14(8-9-17(16)21-13-24)7-4-10-20-18(22)23-12-15-5-2-1-3-6-15/h1-3,5-6,8-9,11H,10,12H2,(H,20,22). The van der Waals surface area contributed by atoms with Crippen LogP contribution in [0.1, 0.15) is 11.1 Å².